The third kappa shape index (κ3) is 5.09. The summed E-state index contributed by atoms with van der Waals surface area (Å²) in [7, 11) is 0. The van der Waals surface area contributed by atoms with E-state index in [2.05, 4.69) is 32.2 Å². The van der Waals surface area contributed by atoms with Gasteiger partial charge in [0.25, 0.3) is 0 Å². The van der Waals surface area contributed by atoms with E-state index >= 15 is 0 Å². The Bertz CT molecular complexity index is 778. The van der Waals surface area contributed by atoms with E-state index in [1.807, 2.05) is 0 Å². The molecule has 0 bridgehead atoms. The highest BCUT2D eigenvalue weighted by atomic mass is 35.5. The molecule has 140 valence electrons. The molecule has 0 spiro atoms. The van der Waals surface area contributed by atoms with Gasteiger partial charge in [-0.05, 0) is 48.0 Å². The van der Waals surface area contributed by atoms with Crippen LogP contribution in [0.15, 0.2) is 35.9 Å². The number of amides is 1. The average Bonchev–Trinajstić information content (AvgIpc) is 3.04. The number of nitrogens with one attached hydrogen (secondary N) is 2. The predicted molar refractivity (Wildman–Crippen MR) is 97.5 cm³/mol. The van der Waals surface area contributed by atoms with Crippen molar-refractivity contribution in [2.75, 3.05) is 19.6 Å². The van der Waals surface area contributed by atoms with Gasteiger partial charge in [0.15, 0.2) is 0 Å². The quantitative estimate of drug-likeness (QED) is 0.739. The normalized spacial score (nSPS) is 14.9. The molecule has 7 nitrogen and oxygen atoms in total. The van der Waals surface area contributed by atoms with E-state index in [1.54, 1.807) is 19.1 Å². The zero-order chi connectivity index (χ0) is 17.6. The number of rotatable bonds is 6. The van der Waals surface area contributed by atoms with Gasteiger partial charge in [-0.1, -0.05) is 23.8 Å². The van der Waals surface area contributed by atoms with Gasteiger partial charge in [-0.25, -0.2) is 9.07 Å². The molecule has 1 atom stereocenters. The maximum absolute atomic E-state index is 13.5. The summed E-state index contributed by atoms with van der Waals surface area (Å²) in [6.07, 6.45) is 3.32. The second-order valence-electron chi connectivity index (χ2n) is 6.05. The third-order valence-corrected chi connectivity index (χ3v) is 4.22. The lowest BCUT2D eigenvalue weighted by Crippen LogP contribution is -2.37. The number of tetrazole rings is 1. The van der Waals surface area contributed by atoms with Crippen molar-refractivity contribution in [3.8, 4) is 0 Å². The number of aromatic nitrogens is 4. The van der Waals surface area contributed by atoms with E-state index in [0.29, 0.717) is 18.8 Å². The zero-order valence-electron chi connectivity index (χ0n) is 14.5. The summed E-state index contributed by atoms with van der Waals surface area (Å²) in [6, 6.07) is 5.60. The van der Waals surface area contributed by atoms with Crippen LogP contribution in [0.25, 0.3) is 0 Å². The Hall–Kier alpha value is -2.32. The predicted octanol–water partition coefficient (Wildman–Crippen LogP) is 1.36. The van der Waals surface area contributed by atoms with Crippen LogP contribution in [-0.2, 0) is 11.2 Å². The SMILES string of the molecule is Cc1nnnn1C(Cc1cccc(F)c1)C(=O)NCC1=CCNCC1.Cl. The minimum atomic E-state index is -0.626. The Morgan fingerprint density at radius 1 is 1.46 bits per heavy atom. The van der Waals surface area contributed by atoms with Gasteiger partial charge in [0.05, 0.1) is 0 Å². The fraction of sp³-hybridized carbons (Fsp3) is 0.412. The summed E-state index contributed by atoms with van der Waals surface area (Å²) in [5.74, 6) is 0.0293. The highest BCUT2D eigenvalue weighted by Gasteiger charge is 2.24. The maximum atomic E-state index is 13.5. The van der Waals surface area contributed by atoms with Crippen LogP contribution in [0.2, 0.25) is 0 Å². The molecule has 2 N–H and O–H groups in total. The number of benzene rings is 1. The second kappa shape index (κ2) is 9.40. The first kappa shape index (κ1) is 20.0. The fourth-order valence-corrected chi connectivity index (χ4v) is 2.85. The van der Waals surface area contributed by atoms with Crippen LogP contribution in [-0.4, -0.2) is 45.7 Å². The first-order valence-electron chi connectivity index (χ1n) is 8.29. The largest absolute Gasteiger partial charge is 0.350 e. The van der Waals surface area contributed by atoms with Crippen molar-refractivity contribution in [3.63, 3.8) is 0 Å². The number of hydrogen-bond donors (Lipinski definition) is 2. The van der Waals surface area contributed by atoms with Gasteiger partial charge in [-0.15, -0.1) is 17.5 Å². The lowest BCUT2D eigenvalue weighted by atomic mass is 10.0. The first-order valence-corrected chi connectivity index (χ1v) is 8.29. The molecule has 26 heavy (non-hydrogen) atoms. The summed E-state index contributed by atoms with van der Waals surface area (Å²) in [4.78, 5) is 12.8. The van der Waals surface area contributed by atoms with E-state index in [9.17, 15) is 9.18 Å². The molecule has 0 aliphatic carbocycles. The summed E-state index contributed by atoms with van der Waals surface area (Å²) >= 11 is 0. The van der Waals surface area contributed by atoms with Crippen LogP contribution in [0.4, 0.5) is 4.39 Å². The lowest BCUT2D eigenvalue weighted by molar-refractivity contribution is -0.124. The Kier molecular flexibility index (Phi) is 7.23. The van der Waals surface area contributed by atoms with Crippen molar-refractivity contribution in [2.24, 2.45) is 0 Å². The Morgan fingerprint density at radius 2 is 2.31 bits per heavy atom. The number of aryl methyl sites for hydroxylation is 1. The fourth-order valence-electron chi connectivity index (χ4n) is 2.85. The van der Waals surface area contributed by atoms with Crippen molar-refractivity contribution < 1.29 is 9.18 Å². The summed E-state index contributed by atoms with van der Waals surface area (Å²) < 4.78 is 15.0. The second-order valence-corrected chi connectivity index (χ2v) is 6.05. The highest BCUT2D eigenvalue weighted by molar-refractivity contribution is 5.85. The van der Waals surface area contributed by atoms with Gasteiger partial charge in [0.2, 0.25) is 5.91 Å². The molecule has 0 radical (unpaired) electrons. The highest BCUT2D eigenvalue weighted by Crippen LogP contribution is 2.16. The van der Waals surface area contributed by atoms with Gasteiger partial charge >= 0.3 is 0 Å². The molecule has 1 unspecified atom stereocenters. The first-order chi connectivity index (χ1) is 12.1. The van der Waals surface area contributed by atoms with Crippen LogP contribution < -0.4 is 10.6 Å². The number of hydrogen-bond acceptors (Lipinski definition) is 5. The smallest absolute Gasteiger partial charge is 0.245 e. The average molecular weight is 381 g/mol. The Balaban J connectivity index is 0.00000243. The lowest BCUT2D eigenvalue weighted by Gasteiger charge is -2.19. The van der Waals surface area contributed by atoms with Gasteiger partial charge in [-0.2, -0.15) is 0 Å². The number of halogens is 2. The molecule has 3 rings (SSSR count). The van der Waals surface area contributed by atoms with Crippen LogP contribution in [0, 0.1) is 12.7 Å². The van der Waals surface area contributed by atoms with Crippen molar-refractivity contribution in [3.05, 3.63) is 53.1 Å². The van der Waals surface area contributed by atoms with Crippen LogP contribution in [0.1, 0.15) is 23.9 Å². The number of nitrogens with zero attached hydrogens (tertiary/aromatic N) is 4. The molecule has 0 saturated carbocycles. The van der Waals surface area contributed by atoms with Crippen molar-refractivity contribution in [1.29, 1.82) is 0 Å². The van der Waals surface area contributed by atoms with Crippen LogP contribution >= 0.6 is 12.4 Å². The van der Waals surface area contributed by atoms with Crippen molar-refractivity contribution in [1.82, 2.24) is 30.8 Å². The van der Waals surface area contributed by atoms with E-state index in [-0.39, 0.29) is 24.1 Å². The molecule has 1 aromatic heterocycles. The Morgan fingerprint density at radius 3 is 2.96 bits per heavy atom. The molecule has 0 fully saturated rings. The topological polar surface area (TPSA) is 84.7 Å². The van der Waals surface area contributed by atoms with Crippen LogP contribution in [0.3, 0.4) is 0 Å². The van der Waals surface area contributed by atoms with Gasteiger partial charge in [0.1, 0.15) is 17.7 Å². The number of carbonyl (C=O) groups is 1. The van der Waals surface area contributed by atoms with Gasteiger partial charge in [0, 0.05) is 19.5 Å². The monoisotopic (exact) mass is 380 g/mol. The molecule has 1 aromatic carbocycles. The van der Waals surface area contributed by atoms with E-state index in [0.717, 1.165) is 25.1 Å². The minimum Gasteiger partial charge on any atom is -0.350 e. The zero-order valence-corrected chi connectivity index (χ0v) is 15.3. The molecule has 2 heterocycles. The maximum Gasteiger partial charge on any atom is 0.245 e. The molecule has 1 amide bonds. The van der Waals surface area contributed by atoms with E-state index in [1.165, 1.54) is 22.4 Å². The number of carbonyl (C=O) groups excluding carboxylic acids is 1. The third-order valence-electron chi connectivity index (χ3n) is 4.22. The van der Waals surface area contributed by atoms with Crippen molar-refractivity contribution >= 4 is 18.3 Å². The van der Waals surface area contributed by atoms with Crippen molar-refractivity contribution in [2.45, 2.75) is 25.8 Å². The summed E-state index contributed by atoms with van der Waals surface area (Å²) in [5.41, 5.74) is 1.92. The molecular formula is C17H22ClFN6O. The summed E-state index contributed by atoms with van der Waals surface area (Å²) in [5, 5.41) is 17.6. The van der Waals surface area contributed by atoms with E-state index in [4.69, 9.17) is 0 Å². The molecule has 9 heteroatoms. The minimum absolute atomic E-state index is 0. The molecule has 2 aromatic rings. The molecular weight excluding hydrogens is 359 g/mol. The Labute approximate surface area is 157 Å². The molecule has 0 saturated heterocycles. The van der Waals surface area contributed by atoms with E-state index < -0.39 is 6.04 Å². The summed E-state index contributed by atoms with van der Waals surface area (Å²) in [6.45, 7) is 3.98. The van der Waals surface area contributed by atoms with Gasteiger partial charge < -0.3 is 10.6 Å². The van der Waals surface area contributed by atoms with Crippen LogP contribution in [0.5, 0.6) is 0 Å². The standard InChI is InChI=1S/C17H21FN6O.ClH/c1-12-21-22-23-24(12)16(10-14-3-2-4-15(18)9-14)17(25)20-11-13-5-7-19-8-6-13;/h2-5,9,16,19H,6-8,10-11H2,1H3,(H,20,25);1H. The van der Waals surface area contributed by atoms with Gasteiger partial charge in [-0.3, -0.25) is 4.79 Å². The molecule has 1 aliphatic rings. The molecule has 1 aliphatic heterocycles.